The molecule has 6 heteroatoms. The molecule has 0 spiro atoms. The largest absolute Gasteiger partial charge is 0.513 e. The maximum Gasteiger partial charge on any atom is 0.513 e. The fourth-order valence-corrected chi connectivity index (χ4v) is 16.6. The zero-order valence-electron chi connectivity index (χ0n) is 16.4. The molecule has 0 bridgehead atoms. The van der Waals surface area contributed by atoms with Crippen molar-refractivity contribution in [2.45, 2.75) is 77.8 Å². The lowest BCUT2D eigenvalue weighted by Gasteiger charge is -2.42. The van der Waals surface area contributed by atoms with Crippen molar-refractivity contribution in [3.05, 3.63) is 30.3 Å². The second-order valence-corrected chi connectivity index (χ2v) is 19.0. The molecule has 0 aliphatic heterocycles. The molecule has 138 valence electrons. The summed E-state index contributed by atoms with van der Waals surface area (Å²) in [7, 11) is -7.33. The zero-order valence-corrected chi connectivity index (χ0v) is 19.4. The number of hydrogen-bond donors (Lipinski definition) is 1. The van der Waals surface area contributed by atoms with Crippen LogP contribution in [0.15, 0.2) is 30.3 Å². The lowest BCUT2D eigenvalue weighted by Crippen LogP contribution is -2.65. The maximum absolute atomic E-state index is 11.7. The standard InChI is InChI=1S/C18H36O3Si3/c1-7-22(8-2,9-3)20-24(19,18-16-14-13-15-17-18)21-23(10-4,11-5)12-6/h13-17,19H,7-12H2,1-6H3. The predicted molar refractivity (Wildman–Crippen MR) is 111 cm³/mol. The smallest absolute Gasteiger partial charge is 0.412 e. The van der Waals surface area contributed by atoms with Gasteiger partial charge in [0, 0.05) is 5.19 Å². The van der Waals surface area contributed by atoms with E-state index in [4.69, 9.17) is 8.23 Å². The van der Waals surface area contributed by atoms with Crippen LogP contribution in [-0.4, -0.2) is 30.2 Å². The molecular weight excluding hydrogens is 348 g/mol. The van der Waals surface area contributed by atoms with Gasteiger partial charge in [-0.15, -0.1) is 0 Å². The lowest BCUT2D eigenvalue weighted by atomic mass is 10.4. The third-order valence-electron chi connectivity index (χ3n) is 5.71. The van der Waals surface area contributed by atoms with Crippen molar-refractivity contribution in [1.82, 2.24) is 0 Å². The van der Waals surface area contributed by atoms with Gasteiger partial charge in [0.2, 0.25) is 0 Å². The first-order valence-corrected chi connectivity index (χ1v) is 16.4. The van der Waals surface area contributed by atoms with Crippen molar-refractivity contribution in [2.75, 3.05) is 0 Å². The Balaban J connectivity index is 3.32. The summed E-state index contributed by atoms with van der Waals surface area (Å²) in [5, 5.41) is 0.865. The van der Waals surface area contributed by atoms with Gasteiger partial charge in [0.15, 0.2) is 16.6 Å². The summed E-state index contributed by atoms with van der Waals surface area (Å²) < 4.78 is 13.3. The molecule has 0 fully saturated rings. The molecule has 0 radical (unpaired) electrons. The van der Waals surface area contributed by atoms with Gasteiger partial charge >= 0.3 is 8.80 Å². The van der Waals surface area contributed by atoms with Crippen molar-refractivity contribution < 1.29 is 13.0 Å². The predicted octanol–water partition coefficient (Wildman–Crippen LogP) is 4.87. The van der Waals surface area contributed by atoms with Crippen LogP contribution in [0.2, 0.25) is 36.3 Å². The summed E-state index contributed by atoms with van der Waals surface area (Å²) in [6, 6.07) is 16.0. The molecule has 1 rings (SSSR count). The highest BCUT2D eigenvalue weighted by atomic mass is 28.5. The van der Waals surface area contributed by atoms with Crippen molar-refractivity contribution >= 4 is 30.6 Å². The van der Waals surface area contributed by atoms with Gasteiger partial charge in [-0.05, 0) is 36.3 Å². The van der Waals surface area contributed by atoms with Gasteiger partial charge in [0.25, 0.3) is 0 Å². The summed E-state index contributed by atoms with van der Waals surface area (Å²) in [5.74, 6) is 0. The van der Waals surface area contributed by atoms with Crippen LogP contribution in [0.5, 0.6) is 0 Å². The Morgan fingerprint density at radius 1 is 0.667 bits per heavy atom. The highest BCUT2D eigenvalue weighted by molar-refractivity contribution is 6.92. The monoisotopic (exact) mass is 384 g/mol. The third kappa shape index (κ3) is 4.89. The third-order valence-corrected chi connectivity index (χ3v) is 20.2. The lowest BCUT2D eigenvalue weighted by molar-refractivity contribution is 0.256. The van der Waals surface area contributed by atoms with Gasteiger partial charge in [0.1, 0.15) is 0 Å². The van der Waals surface area contributed by atoms with Gasteiger partial charge in [-0.25, -0.2) is 0 Å². The Morgan fingerprint density at radius 3 is 1.29 bits per heavy atom. The summed E-state index contributed by atoms with van der Waals surface area (Å²) in [6.45, 7) is 13.2. The van der Waals surface area contributed by atoms with Crippen molar-refractivity contribution in [3.8, 4) is 0 Å². The van der Waals surface area contributed by atoms with E-state index in [-0.39, 0.29) is 0 Å². The first-order valence-electron chi connectivity index (χ1n) is 9.56. The average molecular weight is 385 g/mol. The molecule has 1 aromatic rings. The molecule has 1 N–H and O–H groups in total. The van der Waals surface area contributed by atoms with Crippen molar-refractivity contribution in [2.24, 2.45) is 0 Å². The molecule has 1 aromatic carbocycles. The summed E-state index contributed by atoms with van der Waals surface area (Å²) >= 11 is 0. The van der Waals surface area contributed by atoms with Crippen LogP contribution in [0.25, 0.3) is 0 Å². The Labute approximate surface area is 152 Å². The van der Waals surface area contributed by atoms with Crippen LogP contribution in [0.1, 0.15) is 41.5 Å². The van der Waals surface area contributed by atoms with E-state index in [1.807, 2.05) is 30.3 Å². The topological polar surface area (TPSA) is 38.7 Å². The van der Waals surface area contributed by atoms with E-state index in [0.717, 1.165) is 41.5 Å². The van der Waals surface area contributed by atoms with E-state index >= 15 is 0 Å². The van der Waals surface area contributed by atoms with Crippen LogP contribution >= 0.6 is 0 Å². The highest BCUT2D eigenvalue weighted by Gasteiger charge is 2.51. The molecule has 0 amide bonds. The van der Waals surface area contributed by atoms with Gasteiger partial charge in [0.05, 0.1) is 0 Å². The number of hydrogen-bond acceptors (Lipinski definition) is 3. The van der Waals surface area contributed by atoms with E-state index in [9.17, 15) is 4.80 Å². The maximum atomic E-state index is 11.7. The Hall–Kier alpha value is -0.249. The molecule has 0 atom stereocenters. The second-order valence-electron chi connectivity index (χ2n) is 6.64. The average Bonchev–Trinajstić information content (AvgIpc) is 2.65. The molecule has 0 saturated heterocycles. The molecule has 24 heavy (non-hydrogen) atoms. The van der Waals surface area contributed by atoms with Crippen LogP contribution in [-0.2, 0) is 8.23 Å². The molecule has 0 saturated carbocycles. The van der Waals surface area contributed by atoms with Crippen LogP contribution in [0, 0.1) is 0 Å². The van der Waals surface area contributed by atoms with Gasteiger partial charge in [-0.2, -0.15) is 0 Å². The van der Waals surface area contributed by atoms with Gasteiger partial charge < -0.3 is 13.0 Å². The van der Waals surface area contributed by atoms with Crippen molar-refractivity contribution in [3.63, 3.8) is 0 Å². The number of rotatable bonds is 11. The fraction of sp³-hybridized carbons (Fsp3) is 0.667. The summed E-state index contributed by atoms with van der Waals surface area (Å²) in [5.41, 5.74) is 0. The van der Waals surface area contributed by atoms with E-state index in [1.54, 1.807) is 0 Å². The highest BCUT2D eigenvalue weighted by Crippen LogP contribution is 2.30. The van der Waals surface area contributed by atoms with E-state index in [2.05, 4.69) is 41.5 Å². The Morgan fingerprint density at radius 2 is 1.00 bits per heavy atom. The van der Waals surface area contributed by atoms with Gasteiger partial charge in [-0.3, -0.25) is 0 Å². The zero-order chi connectivity index (χ0) is 18.3. The molecule has 0 unspecified atom stereocenters. The quantitative estimate of drug-likeness (QED) is 0.553. The second kappa shape index (κ2) is 9.45. The van der Waals surface area contributed by atoms with Crippen LogP contribution in [0.4, 0.5) is 0 Å². The van der Waals surface area contributed by atoms with E-state index in [0.29, 0.717) is 0 Å². The van der Waals surface area contributed by atoms with E-state index < -0.39 is 25.4 Å². The fourth-order valence-electron chi connectivity index (χ4n) is 3.31. The van der Waals surface area contributed by atoms with Gasteiger partial charge in [-0.1, -0.05) is 71.9 Å². The minimum Gasteiger partial charge on any atom is -0.412 e. The van der Waals surface area contributed by atoms with Crippen LogP contribution < -0.4 is 5.19 Å². The molecule has 3 nitrogen and oxygen atoms in total. The molecule has 0 heterocycles. The SMILES string of the molecule is CC[Si](CC)(CC)O[Si](O)(O[Si](CC)(CC)CC)c1ccccc1. The van der Waals surface area contributed by atoms with E-state index in [1.165, 1.54) is 0 Å². The van der Waals surface area contributed by atoms with Crippen molar-refractivity contribution in [1.29, 1.82) is 0 Å². The molecule has 0 aromatic heterocycles. The minimum atomic E-state index is -3.40. The summed E-state index contributed by atoms with van der Waals surface area (Å²) in [4.78, 5) is 11.7. The first-order chi connectivity index (χ1) is 11.4. The van der Waals surface area contributed by atoms with Crippen LogP contribution in [0.3, 0.4) is 0 Å². The molecule has 0 aliphatic rings. The Kier molecular flexibility index (Phi) is 8.58. The Bertz CT molecular complexity index is 435. The summed E-state index contributed by atoms with van der Waals surface area (Å²) in [6.07, 6.45) is 0. The number of benzene rings is 1. The molecule has 0 aliphatic carbocycles. The minimum absolute atomic E-state index is 0.865. The normalized spacial score (nSPS) is 13.3. The molecular formula is C18H36O3Si3. The first kappa shape index (κ1) is 21.8.